The van der Waals surface area contributed by atoms with Crippen LogP contribution in [0.2, 0.25) is 0 Å². The molecule has 2 rings (SSSR count). The zero-order valence-electron chi connectivity index (χ0n) is 14.4. The normalized spacial score (nSPS) is 13.0. The molecule has 1 unspecified atom stereocenters. The molecule has 136 valence electrons. The molecular weight excluding hydrogens is 350 g/mol. The number of carboxylic acid groups (broad SMARTS) is 1. The van der Waals surface area contributed by atoms with Crippen molar-refractivity contribution in [3.63, 3.8) is 0 Å². The minimum Gasteiger partial charge on any atom is -0.481 e. The van der Waals surface area contributed by atoms with Gasteiger partial charge in [0.2, 0.25) is 5.12 Å². The van der Waals surface area contributed by atoms with Crippen molar-refractivity contribution in [2.45, 2.75) is 19.4 Å². The molecule has 3 N–H and O–H groups in total. The molecule has 0 saturated heterocycles. The molecule has 6 heteroatoms. The molecule has 0 aliphatic rings. The van der Waals surface area contributed by atoms with Gasteiger partial charge in [0.1, 0.15) is 0 Å². The first-order chi connectivity index (χ1) is 12.4. The highest BCUT2D eigenvalue weighted by atomic mass is 32.2. The molecule has 0 fully saturated rings. The van der Waals surface area contributed by atoms with Crippen molar-refractivity contribution in [2.24, 2.45) is 11.7 Å². The van der Waals surface area contributed by atoms with Gasteiger partial charge in [-0.05, 0) is 18.1 Å². The van der Waals surface area contributed by atoms with Crippen LogP contribution in [0.5, 0.6) is 0 Å². The average molecular weight is 371 g/mol. The van der Waals surface area contributed by atoms with Gasteiger partial charge >= 0.3 is 5.97 Å². The first-order valence-corrected chi connectivity index (χ1v) is 9.20. The van der Waals surface area contributed by atoms with Crippen LogP contribution in [0, 0.1) is 5.92 Å². The number of carboxylic acids is 1. The van der Waals surface area contributed by atoms with Crippen LogP contribution in [0.4, 0.5) is 0 Å². The van der Waals surface area contributed by atoms with E-state index in [9.17, 15) is 14.4 Å². The second-order valence-corrected chi connectivity index (χ2v) is 7.10. The quantitative estimate of drug-likeness (QED) is 0.693. The summed E-state index contributed by atoms with van der Waals surface area (Å²) in [6.07, 6.45) is 0.295. The Morgan fingerprint density at radius 2 is 1.69 bits per heavy atom. The SMILES string of the molecule is CC(CSC(=O)[C@H](N)Cc1cccc(C(=O)c2ccccc2)c1)C(=O)O. The van der Waals surface area contributed by atoms with E-state index < -0.39 is 17.9 Å². The number of thioether (sulfide) groups is 1. The number of carbonyl (C=O) groups excluding carboxylic acids is 2. The van der Waals surface area contributed by atoms with Gasteiger partial charge < -0.3 is 10.8 Å². The molecule has 0 bridgehead atoms. The van der Waals surface area contributed by atoms with Crippen molar-refractivity contribution in [3.05, 3.63) is 71.3 Å². The van der Waals surface area contributed by atoms with E-state index in [1.807, 2.05) is 12.1 Å². The lowest BCUT2D eigenvalue weighted by Crippen LogP contribution is -2.31. The Balaban J connectivity index is 2.00. The fourth-order valence-electron chi connectivity index (χ4n) is 2.32. The molecule has 2 atom stereocenters. The summed E-state index contributed by atoms with van der Waals surface area (Å²) < 4.78 is 0. The number of ketones is 1. The van der Waals surface area contributed by atoms with Gasteiger partial charge in [-0.15, -0.1) is 0 Å². The largest absolute Gasteiger partial charge is 0.481 e. The summed E-state index contributed by atoms with van der Waals surface area (Å²) >= 11 is 0.936. The van der Waals surface area contributed by atoms with Crippen LogP contribution in [-0.2, 0) is 16.0 Å². The molecule has 0 spiro atoms. The summed E-state index contributed by atoms with van der Waals surface area (Å²) in [6.45, 7) is 1.55. The summed E-state index contributed by atoms with van der Waals surface area (Å²) in [5.41, 5.74) is 7.88. The number of rotatable bonds is 8. The van der Waals surface area contributed by atoms with Gasteiger partial charge in [-0.2, -0.15) is 0 Å². The Bertz CT molecular complexity index is 791. The van der Waals surface area contributed by atoms with Crippen LogP contribution in [0.3, 0.4) is 0 Å². The Labute approximate surface area is 156 Å². The first kappa shape index (κ1) is 19.9. The predicted molar refractivity (Wildman–Crippen MR) is 102 cm³/mol. The van der Waals surface area contributed by atoms with Gasteiger partial charge in [0.15, 0.2) is 5.78 Å². The summed E-state index contributed by atoms with van der Waals surface area (Å²) in [4.78, 5) is 35.4. The van der Waals surface area contributed by atoms with Crippen LogP contribution in [0.25, 0.3) is 0 Å². The van der Waals surface area contributed by atoms with Crippen molar-refractivity contribution >= 4 is 28.6 Å². The van der Waals surface area contributed by atoms with Crippen molar-refractivity contribution < 1.29 is 19.5 Å². The van der Waals surface area contributed by atoms with Crippen LogP contribution in [-0.4, -0.2) is 33.8 Å². The number of hydrogen-bond acceptors (Lipinski definition) is 5. The van der Waals surface area contributed by atoms with Crippen LogP contribution < -0.4 is 5.73 Å². The number of aliphatic carboxylic acids is 1. The second kappa shape index (κ2) is 9.31. The molecule has 26 heavy (non-hydrogen) atoms. The maximum absolute atomic E-state index is 12.5. The van der Waals surface area contributed by atoms with Crippen molar-refractivity contribution in [1.82, 2.24) is 0 Å². The molecule has 2 aromatic rings. The van der Waals surface area contributed by atoms with Crippen molar-refractivity contribution in [2.75, 3.05) is 5.75 Å². The monoisotopic (exact) mass is 371 g/mol. The van der Waals surface area contributed by atoms with Crippen molar-refractivity contribution in [1.29, 1.82) is 0 Å². The Kier molecular flexibility index (Phi) is 7.12. The highest BCUT2D eigenvalue weighted by Gasteiger charge is 2.19. The van der Waals surface area contributed by atoms with Crippen molar-refractivity contribution in [3.8, 4) is 0 Å². The maximum Gasteiger partial charge on any atom is 0.307 e. The molecule has 0 radical (unpaired) electrons. The first-order valence-electron chi connectivity index (χ1n) is 8.22. The van der Waals surface area contributed by atoms with Gasteiger partial charge in [0, 0.05) is 16.9 Å². The van der Waals surface area contributed by atoms with E-state index in [1.54, 1.807) is 49.4 Å². The Morgan fingerprint density at radius 1 is 1.04 bits per heavy atom. The predicted octanol–water partition coefficient (Wildman–Crippen LogP) is 2.77. The third-order valence-electron chi connectivity index (χ3n) is 3.88. The van der Waals surface area contributed by atoms with Crippen LogP contribution >= 0.6 is 11.8 Å². The van der Waals surface area contributed by atoms with Gasteiger partial charge in [0.05, 0.1) is 12.0 Å². The second-order valence-electron chi connectivity index (χ2n) is 6.08. The highest BCUT2D eigenvalue weighted by Crippen LogP contribution is 2.16. The van der Waals surface area contributed by atoms with E-state index in [1.165, 1.54) is 0 Å². The summed E-state index contributed by atoms with van der Waals surface area (Å²) in [7, 11) is 0. The Morgan fingerprint density at radius 3 is 2.35 bits per heavy atom. The molecule has 2 aromatic carbocycles. The molecule has 0 aliphatic carbocycles. The minimum atomic E-state index is -0.939. The third kappa shape index (κ3) is 5.54. The van der Waals surface area contributed by atoms with E-state index in [0.29, 0.717) is 17.5 Å². The van der Waals surface area contributed by atoms with E-state index in [2.05, 4.69) is 0 Å². The number of benzene rings is 2. The zero-order chi connectivity index (χ0) is 19.1. The zero-order valence-corrected chi connectivity index (χ0v) is 15.2. The van der Waals surface area contributed by atoms with Gasteiger partial charge in [-0.1, -0.05) is 67.2 Å². The molecule has 0 saturated carbocycles. The number of nitrogens with two attached hydrogens (primary N) is 1. The van der Waals surface area contributed by atoms with Crippen LogP contribution in [0.15, 0.2) is 54.6 Å². The molecule has 0 amide bonds. The fourth-order valence-corrected chi connectivity index (χ4v) is 3.17. The Hall–Kier alpha value is -2.44. The highest BCUT2D eigenvalue weighted by molar-refractivity contribution is 8.13. The summed E-state index contributed by atoms with van der Waals surface area (Å²) in [5.74, 6) is -1.44. The lowest BCUT2D eigenvalue weighted by molar-refractivity contribution is -0.140. The topological polar surface area (TPSA) is 97.5 Å². The third-order valence-corrected chi connectivity index (χ3v) is 5.13. The van der Waals surface area contributed by atoms with Gasteiger partial charge in [-0.25, -0.2) is 0 Å². The van der Waals surface area contributed by atoms with Gasteiger partial charge in [-0.3, -0.25) is 14.4 Å². The molecular formula is C20H21NO4S. The number of carbonyl (C=O) groups is 3. The van der Waals surface area contributed by atoms with Crippen LogP contribution in [0.1, 0.15) is 28.4 Å². The van der Waals surface area contributed by atoms with Gasteiger partial charge in [0.25, 0.3) is 0 Å². The van der Waals surface area contributed by atoms with E-state index in [-0.39, 0.29) is 16.7 Å². The smallest absolute Gasteiger partial charge is 0.307 e. The summed E-state index contributed by atoms with van der Waals surface area (Å²) in [6, 6.07) is 15.3. The summed E-state index contributed by atoms with van der Waals surface area (Å²) in [5, 5.41) is 8.61. The number of hydrogen-bond donors (Lipinski definition) is 2. The molecule has 5 nitrogen and oxygen atoms in total. The lowest BCUT2D eigenvalue weighted by Gasteiger charge is -2.12. The average Bonchev–Trinajstić information content (AvgIpc) is 2.65. The maximum atomic E-state index is 12.5. The van der Waals surface area contributed by atoms with E-state index in [0.717, 1.165) is 17.3 Å². The lowest BCUT2D eigenvalue weighted by atomic mass is 9.99. The molecule has 0 heterocycles. The van der Waals surface area contributed by atoms with E-state index in [4.69, 9.17) is 10.8 Å². The van der Waals surface area contributed by atoms with E-state index >= 15 is 0 Å². The standard InChI is InChI=1S/C20H21NO4S/c1-13(19(23)24)12-26-20(25)17(21)11-14-6-5-9-16(10-14)18(22)15-7-3-2-4-8-15/h2-10,13,17H,11-12,21H2,1H3,(H,23,24)/t13?,17-/m1/s1. The minimum absolute atomic E-state index is 0.0861. The fraction of sp³-hybridized carbons (Fsp3) is 0.250. The molecule has 0 aliphatic heterocycles. The molecule has 0 aromatic heterocycles.